The Labute approximate surface area is 122 Å². The van der Waals surface area contributed by atoms with Crippen molar-refractivity contribution in [1.29, 1.82) is 0 Å². The minimum atomic E-state index is 0.200. The second-order valence-electron chi connectivity index (χ2n) is 5.66. The van der Waals surface area contributed by atoms with E-state index in [4.69, 9.17) is 9.47 Å². The van der Waals surface area contributed by atoms with Crippen LogP contribution in [-0.2, 0) is 11.3 Å². The van der Waals surface area contributed by atoms with Gasteiger partial charge in [-0.15, -0.1) is 0 Å². The van der Waals surface area contributed by atoms with Gasteiger partial charge in [0.1, 0.15) is 5.75 Å². The molecule has 0 aromatic heterocycles. The second-order valence-corrected chi connectivity index (χ2v) is 5.66. The molecule has 1 atom stereocenters. The fourth-order valence-corrected chi connectivity index (χ4v) is 2.38. The molecule has 1 aliphatic heterocycles. The van der Waals surface area contributed by atoms with Gasteiger partial charge in [0.05, 0.1) is 18.8 Å². The summed E-state index contributed by atoms with van der Waals surface area (Å²) in [5.41, 5.74) is 1.20. The Morgan fingerprint density at radius 2 is 2.20 bits per heavy atom. The number of nitrogens with zero attached hydrogens (tertiary/aromatic N) is 1. The Morgan fingerprint density at radius 3 is 2.95 bits per heavy atom. The van der Waals surface area contributed by atoms with Crippen molar-refractivity contribution in [2.45, 2.75) is 32.6 Å². The zero-order valence-corrected chi connectivity index (χ0v) is 12.8. The number of para-hydroxylation sites is 1. The van der Waals surface area contributed by atoms with Crippen molar-refractivity contribution in [1.82, 2.24) is 10.2 Å². The molecule has 1 fully saturated rings. The van der Waals surface area contributed by atoms with Crippen LogP contribution < -0.4 is 10.1 Å². The topological polar surface area (TPSA) is 33.7 Å². The fourth-order valence-electron chi connectivity index (χ4n) is 2.38. The summed E-state index contributed by atoms with van der Waals surface area (Å²) in [6.45, 7) is 8.65. The molecule has 0 amide bonds. The molecule has 0 aliphatic carbocycles. The highest BCUT2D eigenvalue weighted by atomic mass is 16.5. The van der Waals surface area contributed by atoms with Gasteiger partial charge in [0.15, 0.2) is 0 Å². The van der Waals surface area contributed by atoms with Crippen LogP contribution in [0.1, 0.15) is 19.4 Å². The molecule has 1 heterocycles. The van der Waals surface area contributed by atoms with Gasteiger partial charge < -0.3 is 19.7 Å². The molecule has 1 aliphatic rings. The first kappa shape index (κ1) is 15.3. The second kappa shape index (κ2) is 7.62. The Hall–Kier alpha value is -1.10. The highest BCUT2D eigenvalue weighted by molar-refractivity contribution is 5.33. The third-order valence-electron chi connectivity index (χ3n) is 3.36. The number of nitrogens with one attached hydrogen (secondary N) is 1. The van der Waals surface area contributed by atoms with Crippen molar-refractivity contribution in [2.24, 2.45) is 0 Å². The molecule has 112 valence electrons. The predicted octanol–water partition coefficient (Wildman–Crippen LogP) is 1.89. The van der Waals surface area contributed by atoms with Crippen molar-refractivity contribution < 1.29 is 9.47 Å². The van der Waals surface area contributed by atoms with Gasteiger partial charge in [-0.3, -0.25) is 0 Å². The van der Waals surface area contributed by atoms with Crippen LogP contribution in [0, 0.1) is 0 Å². The zero-order valence-electron chi connectivity index (χ0n) is 12.8. The molecule has 0 spiro atoms. The van der Waals surface area contributed by atoms with Gasteiger partial charge in [-0.2, -0.15) is 0 Å². The SMILES string of the molecule is CC(C)Oc1ccccc1CNC[C@H]1CN(C)CCO1. The van der Waals surface area contributed by atoms with E-state index in [2.05, 4.69) is 43.2 Å². The highest BCUT2D eigenvalue weighted by Crippen LogP contribution is 2.19. The van der Waals surface area contributed by atoms with Crippen LogP contribution in [0.5, 0.6) is 5.75 Å². The predicted molar refractivity (Wildman–Crippen MR) is 81.1 cm³/mol. The molecule has 1 saturated heterocycles. The number of morpholine rings is 1. The average molecular weight is 278 g/mol. The van der Waals surface area contributed by atoms with Gasteiger partial charge >= 0.3 is 0 Å². The van der Waals surface area contributed by atoms with Crippen LogP contribution >= 0.6 is 0 Å². The van der Waals surface area contributed by atoms with Crippen molar-refractivity contribution >= 4 is 0 Å². The maximum atomic E-state index is 5.83. The Bertz CT molecular complexity index is 409. The number of hydrogen-bond acceptors (Lipinski definition) is 4. The highest BCUT2D eigenvalue weighted by Gasteiger charge is 2.17. The van der Waals surface area contributed by atoms with Crippen LogP contribution in [0.2, 0.25) is 0 Å². The number of ether oxygens (including phenoxy) is 2. The maximum absolute atomic E-state index is 5.83. The summed E-state index contributed by atoms with van der Waals surface area (Å²) in [7, 11) is 2.14. The molecular weight excluding hydrogens is 252 g/mol. The van der Waals surface area contributed by atoms with Crippen molar-refractivity contribution in [3.63, 3.8) is 0 Å². The van der Waals surface area contributed by atoms with Crippen LogP contribution in [0.4, 0.5) is 0 Å². The van der Waals surface area contributed by atoms with Crippen molar-refractivity contribution in [3.05, 3.63) is 29.8 Å². The van der Waals surface area contributed by atoms with Gasteiger partial charge in [-0.25, -0.2) is 0 Å². The first-order chi connectivity index (χ1) is 9.65. The molecule has 1 N–H and O–H groups in total. The summed E-state index contributed by atoms with van der Waals surface area (Å²) in [6, 6.07) is 8.20. The standard InChI is InChI=1S/C16H26N2O2/c1-13(2)20-16-7-5-4-6-14(16)10-17-11-15-12-18(3)8-9-19-15/h4-7,13,15,17H,8-12H2,1-3H3/t15-/m0/s1. The minimum absolute atomic E-state index is 0.200. The lowest BCUT2D eigenvalue weighted by atomic mass is 10.2. The van der Waals surface area contributed by atoms with Gasteiger partial charge in [0, 0.05) is 31.7 Å². The summed E-state index contributed by atoms with van der Waals surface area (Å²) in [5.74, 6) is 0.969. The van der Waals surface area contributed by atoms with E-state index in [1.54, 1.807) is 0 Å². The van der Waals surface area contributed by atoms with Gasteiger partial charge in [-0.1, -0.05) is 18.2 Å². The quantitative estimate of drug-likeness (QED) is 0.861. The molecule has 1 aromatic rings. The monoisotopic (exact) mass is 278 g/mol. The molecular formula is C16H26N2O2. The maximum Gasteiger partial charge on any atom is 0.124 e. The average Bonchev–Trinajstić information content (AvgIpc) is 2.40. The van der Waals surface area contributed by atoms with Gasteiger partial charge in [-0.05, 0) is 27.0 Å². The summed E-state index contributed by atoms with van der Waals surface area (Å²) < 4.78 is 11.6. The van der Waals surface area contributed by atoms with Crippen LogP contribution in [-0.4, -0.2) is 50.4 Å². The number of likely N-dealkylation sites (N-methyl/N-ethyl adjacent to an activating group) is 1. The minimum Gasteiger partial charge on any atom is -0.491 e. The lowest BCUT2D eigenvalue weighted by Crippen LogP contribution is -2.44. The number of hydrogen-bond donors (Lipinski definition) is 1. The van der Waals surface area contributed by atoms with Crippen LogP contribution in [0.25, 0.3) is 0 Å². The summed E-state index contributed by atoms with van der Waals surface area (Å²) in [6.07, 6.45) is 0.485. The van der Waals surface area contributed by atoms with E-state index in [-0.39, 0.29) is 12.2 Å². The molecule has 20 heavy (non-hydrogen) atoms. The molecule has 0 radical (unpaired) electrons. The number of rotatable bonds is 6. The Kier molecular flexibility index (Phi) is 5.83. The molecule has 0 saturated carbocycles. The third-order valence-corrected chi connectivity index (χ3v) is 3.36. The van der Waals surface area contributed by atoms with Crippen LogP contribution in [0.15, 0.2) is 24.3 Å². The first-order valence-electron chi connectivity index (χ1n) is 7.40. The van der Waals surface area contributed by atoms with E-state index in [0.29, 0.717) is 0 Å². The van der Waals surface area contributed by atoms with Crippen molar-refractivity contribution in [2.75, 3.05) is 33.3 Å². The summed E-state index contributed by atoms with van der Waals surface area (Å²) in [5, 5.41) is 3.47. The third kappa shape index (κ3) is 4.78. The Morgan fingerprint density at radius 1 is 1.40 bits per heavy atom. The molecule has 0 unspecified atom stereocenters. The van der Waals surface area contributed by atoms with E-state index < -0.39 is 0 Å². The normalized spacial score (nSPS) is 20.3. The van der Waals surface area contributed by atoms with E-state index in [9.17, 15) is 0 Å². The molecule has 1 aromatic carbocycles. The van der Waals surface area contributed by atoms with Crippen molar-refractivity contribution in [3.8, 4) is 5.75 Å². The molecule has 0 bridgehead atoms. The first-order valence-corrected chi connectivity index (χ1v) is 7.40. The van der Waals surface area contributed by atoms with Gasteiger partial charge in [0.25, 0.3) is 0 Å². The number of benzene rings is 1. The van der Waals surface area contributed by atoms with E-state index in [1.165, 1.54) is 5.56 Å². The van der Waals surface area contributed by atoms with Crippen LogP contribution in [0.3, 0.4) is 0 Å². The van der Waals surface area contributed by atoms with E-state index in [1.807, 2.05) is 12.1 Å². The summed E-state index contributed by atoms with van der Waals surface area (Å²) in [4.78, 5) is 2.31. The smallest absolute Gasteiger partial charge is 0.124 e. The molecule has 2 rings (SSSR count). The zero-order chi connectivity index (χ0) is 14.4. The lowest BCUT2D eigenvalue weighted by molar-refractivity contribution is -0.0182. The van der Waals surface area contributed by atoms with Gasteiger partial charge in [0.2, 0.25) is 0 Å². The summed E-state index contributed by atoms with van der Waals surface area (Å²) >= 11 is 0. The fraction of sp³-hybridized carbons (Fsp3) is 0.625. The van der Waals surface area contributed by atoms with E-state index in [0.717, 1.165) is 38.5 Å². The Balaban J connectivity index is 1.81. The largest absolute Gasteiger partial charge is 0.491 e. The lowest BCUT2D eigenvalue weighted by Gasteiger charge is -2.30. The molecule has 4 nitrogen and oxygen atoms in total. The van der Waals surface area contributed by atoms with E-state index >= 15 is 0 Å². The molecule has 4 heteroatoms.